The lowest BCUT2D eigenvalue weighted by atomic mass is 10.2. The molecule has 0 saturated carbocycles. The third-order valence-corrected chi connectivity index (χ3v) is 6.19. The Morgan fingerprint density at radius 2 is 1.78 bits per heavy atom. The molecule has 1 amide bonds. The number of aliphatic imine (C=N–C) groups is 1. The second-order valence-corrected chi connectivity index (χ2v) is 8.18. The molecule has 8 nitrogen and oxygen atoms in total. The quantitative estimate of drug-likeness (QED) is 0.285. The topological polar surface area (TPSA) is 88.3 Å². The van der Waals surface area contributed by atoms with Crippen LogP contribution in [0.3, 0.4) is 0 Å². The average Bonchev–Trinajstić information content (AvgIpc) is 3.18. The van der Waals surface area contributed by atoms with Gasteiger partial charge in [0.15, 0.2) is 5.17 Å². The van der Waals surface area contributed by atoms with Crippen molar-refractivity contribution in [3.63, 3.8) is 0 Å². The predicted octanol–water partition coefficient (Wildman–Crippen LogP) is 3.95. The molecule has 0 aromatic heterocycles. The van der Waals surface area contributed by atoms with E-state index in [1.54, 1.807) is 30.4 Å². The number of thioether (sulfide) groups is 1. The van der Waals surface area contributed by atoms with Crippen LogP contribution < -0.4 is 9.64 Å². The van der Waals surface area contributed by atoms with Crippen molar-refractivity contribution in [2.24, 2.45) is 4.99 Å². The highest BCUT2D eigenvalue weighted by atomic mass is 32.2. The van der Waals surface area contributed by atoms with E-state index in [-0.39, 0.29) is 16.5 Å². The number of rotatable bonds is 6. The summed E-state index contributed by atoms with van der Waals surface area (Å²) in [6.45, 7) is 6.50. The summed E-state index contributed by atoms with van der Waals surface area (Å²) < 4.78 is 5.67. The van der Waals surface area contributed by atoms with Crippen molar-refractivity contribution in [3.8, 4) is 5.75 Å². The zero-order valence-electron chi connectivity index (χ0n) is 17.3. The maximum absolute atomic E-state index is 12.5. The number of nitro benzene ring substituents is 1. The van der Waals surface area contributed by atoms with Crippen LogP contribution in [0, 0.1) is 10.1 Å². The van der Waals surface area contributed by atoms with E-state index in [2.05, 4.69) is 16.5 Å². The smallest absolute Gasteiger partial charge is 0.292 e. The number of amides is 1. The molecule has 164 valence electrons. The fraction of sp³-hybridized carbons (Fsp3) is 0.217. The molecular formula is C23H22N4O4S. The summed E-state index contributed by atoms with van der Waals surface area (Å²) in [5, 5.41) is 12.0. The molecule has 0 N–H and O–H groups in total. The summed E-state index contributed by atoms with van der Waals surface area (Å²) >= 11 is 1.34. The van der Waals surface area contributed by atoms with Crippen LogP contribution in [0.5, 0.6) is 5.75 Å². The number of anilines is 1. The van der Waals surface area contributed by atoms with Gasteiger partial charge in [-0.05, 0) is 30.0 Å². The molecular weight excluding hydrogens is 428 g/mol. The number of hydrogen-bond acceptors (Lipinski definition) is 7. The molecule has 32 heavy (non-hydrogen) atoms. The first kappa shape index (κ1) is 21.6. The molecule has 0 aliphatic carbocycles. The van der Waals surface area contributed by atoms with Gasteiger partial charge in [-0.1, -0.05) is 43.0 Å². The first-order chi connectivity index (χ1) is 15.6. The molecule has 2 aromatic carbocycles. The van der Waals surface area contributed by atoms with Crippen molar-refractivity contribution in [1.82, 2.24) is 4.90 Å². The van der Waals surface area contributed by atoms with Gasteiger partial charge in [0.1, 0.15) is 18.0 Å². The minimum atomic E-state index is -0.356. The molecule has 4 rings (SSSR count). The highest BCUT2D eigenvalue weighted by molar-refractivity contribution is 8.18. The lowest BCUT2D eigenvalue weighted by molar-refractivity contribution is -0.384. The van der Waals surface area contributed by atoms with E-state index in [1.807, 2.05) is 29.2 Å². The minimum Gasteiger partial charge on any atom is -0.489 e. The van der Waals surface area contributed by atoms with Crippen LogP contribution >= 0.6 is 11.8 Å². The molecule has 2 aliphatic heterocycles. The number of ether oxygens (including phenoxy) is 1. The number of para-hydroxylation sites is 3. The van der Waals surface area contributed by atoms with Crippen LogP contribution in [-0.4, -0.2) is 53.7 Å². The van der Waals surface area contributed by atoms with Crippen LogP contribution in [0.15, 0.2) is 71.1 Å². The predicted molar refractivity (Wildman–Crippen MR) is 127 cm³/mol. The van der Waals surface area contributed by atoms with Gasteiger partial charge in [0, 0.05) is 37.8 Å². The highest BCUT2D eigenvalue weighted by Gasteiger charge is 2.30. The number of carbonyl (C=O) groups excluding carboxylic acids is 1. The zero-order chi connectivity index (χ0) is 22.5. The van der Waals surface area contributed by atoms with E-state index in [4.69, 9.17) is 4.74 Å². The molecule has 2 heterocycles. The monoisotopic (exact) mass is 450 g/mol. The molecule has 0 bridgehead atoms. The largest absolute Gasteiger partial charge is 0.489 e. The maximum Gasteiger partial charge on any atom is 0.292 e. The van der Waals surface area contributed by atoms with Crippen LogP contribution in [0.1, 0.15) is 5.56 Å². The van der Waals surface area contributed by atoms with Crippen molar-refractivity contribution in [1.29, 1.82) is 0 Å². The first-order valence-electron chi connectivity index (χ1n) is 10.2. The Labute approximate surface area is 190 Å². The lowest BCUT2D eigenvalue weighted by Crippen LogP contribution is -2.48. The van der Waals surface area contributed by atoms with Crippen LogP contribution in [-0.2, 0) is 4.79 Å². The van der Waals surface area contributed by atoms with Gasteiger partial charge in [0.05, 0.1) is 9.83 Å². The molecule has 1 fully saturated rings. The second kappa shape index (κ2) is 9.69. The van der Waals surface area contributed by atoms with Gasteiger partial charge >= 0.3 is 0 Å². The Morgan fingerprint density at radius 3 is 2.53 bits per heavy atom. The molecule has 0 spiro atoms. The lowest BCUT2D eigenvalue weighted by Gasteiger charge is -2.36. The number of amidine groups is 1. The Balaban J connectivity index is 1.43. The number of benzene rings is 2. The van der Waals surface area contributed by atoms with E-state index < -0.39 is 0 Å². The Bertz CT molecular complexity index is 1110. The van der Waals surface area contributed by atoms with E-state index in [0.717, 1.165) is 5.56 Å². The van der Waals surface area contributed by atoms with Crippen LogP contribution in [0.2, 0.25) is 0 Å². The Hall–Kier alpha value is -3.59. The van der Waals surface area contributed by atoms with Crippen LogP contribution in [0.25, 0.3) is 6.08 Å². The van der Waals surface area contributed by atoms with Crippen LogP contribution in [0.4, 0.5) is 11.4 Å². The zero-order valence-corrected chi connectivity index (χ0v) is 18.2. The fourth-order valence-corrected chi connectivity index (χ4v) is 4.53. The summed E-state index contributed by atoms with van der Waals surface area (Å²) in [6, 6.07) is 14.3. The third-order valence-electron chi connectivity index (χ3n) is 5.14. The van der Waals surface area contributed by atoms with Crippen molar-refractivity contribution in [2.75, 3.05) is 37.7 Å². The number of nitro groups is 1. The second-order valence-electron chi connectivity index (χ2n) is 7.17. The molecule has 0 unspecified atom stereocenters. The number of piperazine rings is 1. The van der Waals surface area contributed by atoms with E-state index >= 15 is 0 Å². The minimum absolute atomic E-state index is 0.103. The number of hydrogen-bond donors (Lipinski definition) is 0. The summed E-state index contributed by atoms with van der Waals surface area (Å²) in [6.07, 6.45) is 3.47. The normalized spacial score (nSPS) is 17.4. The van der Waals surface area contributed by atoms with E-state index in [9.17, 15) is 14.9 Å². The number of carbonyl (C=O) groups is 1. The SMILES string of the molecule is C=CCOc1ccccc1C=C1SC(N2CCN(c3ccccc3[N+](=O)[O-])CC2)=NC1=O. The van der Waals surface area contributed by atoms with Gasteiger partial charge in [-0.3, -0.25) is 14.9 Å². The van der Waals surface area contributed by atoms with E-state index in [1.165, 1.54) is 17.8 Å². The summed E-state index contributed by atoms with van der Waals surface area (Å²) in [7, 11) is 0. The highest BCUT2D eigenvalue weighted by Crippen LogP contribution is 2.34. The Kier molecular flexibility index (Phi) is 6.55. The van der Waals surface area contributed by atoms with Gasteiger partial charge in [0.2, 0.25) is 0 Å². The summed E-state index contributed by atoms with van der Waals surface area (Å²) in [4.78, 5) is 32.3. The molecule has 2 aromatic rings. The van der Waals surface area contributed by atoms with Gasteiger partial charge in [-0.25, -0.2) is 0 Å². The maximum atomic E-state index is 12.5. The molecule has 1 saturated heterocycles. The van der Waals surface area contributed by atoms with Gasteiger partial charge in [-0.2, -0.15) is 4.99 Å². The molecule has 0 atom stereocenters. The van der Waals surface area contributed by atoms with Gasteiger partial charge in [-0.15, -0.1) is 0 Å². The number of nitrogens with zero attached hydrogens (tertiary/aromatic N) is 4. The van der Waals surface area contributed by atoms with Gasteiger partial charge < -0.3 is 14.5 Å². The van der Waals surface area contributed by atoms with Crippen molar-refractivity contribution >= 4 is 40.3 Å². The third kappa shape index (κ3) is 4.67. The first-order valence-corrected chi connectivity index (χ1v) is 11.0. The van der Waals surface area contributed by atoms with Crippen molar-refractivity contribution < 1.29 is 14.5 Å². The van der Waals surface area contributed by atoms with Gasteiger partial charge in [0.25, 0.3) is 11.6 Å². The molecule has 2 aliphatic rings. The van der Waals surface area contributed by atoms with Crippen molar-refractivity contribution in [2.45, 2.75) is 0 Å². The summed E-state index contributed by atoms with van der Waals surface area (Å²) in [5.74, 6) is 0.407. The van der Waals surface area contributed by atoms with E-state index in [0.29, 0.717) is 54.3 Å². The Morgan fingerprint density at radius 1 is 1.09 bits per heavy atom. The molecule has 0 radical (unpaired) electrons. The van der Waals surface area contributed by atoms with Crippen molar-refractivity contribution in [3.05, 3.63) is 81.8 Å². The summed E-state index contributed by atoms with van der Waals surface area (Å²) in [5.41, 5.74) is 1.53. The molecule has 9 heteroatoms. The standard InChI is InChI=1S/C23H22N4O4S/c1-2-15-31-20-10-6-3-7-17(20)16-21-22(28)24-23(32-21)26-13-11-25(12-14-26)18-8-4-5-9-19(18)27(29)30/h2-10,16H,1,11-15H2. The fourth-order valence-electron chi connectivity index (χ4n) is 3.58. The average molecular weight is 451 g/mol.